The molecule has 0 heterocycles. The Bertz CT molecular complexity index is 474. The number of aliphatic hydroxyl groups is 1. The molecule has 1 nitrogen and oxygen atoms in total. The van der Waals surface area contributed by atoms with Crippen molar-refractivity contribution in [1.82, 2.24) is 0 Å². The molecular weight excluding hydrogens is 300 g/mol. The van der Waals surface area contributed by atoms with E-state index >= 15 is 0 Å². The zero-order valence-corrected chi connectivity index (χ0v) is 9.78. The molecule has 0 saturated carbocycles. The van der Waals surface area contributed by atoms with Gasteiger partial charge in [0, 0.05) is 11.1 Å². The van der Waals surface area contributed by atoms with Gasteiger partial charge in [-0.2, -0.15) is 26.3 Å². The minimum atomic E-state index is -6.10. The first kappa shape index (κ1) is 16.7. The molecule has 0 amide bonds. The maximum Gasteiger partial charge on any atom is 0.430 e. The van der Waals surface area contributed by atoms with Crippen LogP contribution in [0.5, 0.6) is 0 Å². The molecule has 0 saturated heterocycles. The van der Waals surface area contributed by atoms with E-state index in [1.54, 1.807) is 0 Å². The summed E-state index contributed by atoms with van der Waals surface area (Å²) in [6, 6.07) is 1.00. The van der Waals surface area contributed by atoms with Crippen LogP contribution in [0, 0.1) is 6.92 Å². The smallest absolute Gasteiger partial charge is 0.369 e. The highest BCUT2D eigenvalue weighted by Crippen LogP contribution is 2.50. The number of aryl methyl sites for hydroxylation is 1. The molecule has 0 unspecified atom stereocenters. The number of halogens is 8. The second kappa shape index (κ2) is 4.87. The van der Waals surface area contributed by atoms with E-state index in [2.05, 4.69) is 0 Å². The van der Waals surface area contributed by atoms with Gasteiger partial charge in [-0.15, -0.1) is 0 Å². The Morgan fingerprint density at radius 3 is 1.75 bits per heavy atom. The molecule has 0 fully saturated rings. The topological polar surface area (TPSA) is 20.2 Å². The molecule has 0 bridgehead atoms. The summed E-state index contributed by atoms with van der Waals surface area (Å²) in [5, 5.41) is 9.06. The summed E-state index contributed by atoms with van der Waals surface area (Å²) in [7, 11) is 0. The maximum absolute atomic E-state index is 12.6. The first-order chi connectivity index (χ1) is 8.82. The molecule has 0 spiro atoms. The van der Waals surface area contributed by atoms with Crippen molar-refractivity contribution in [2.75, 3.05) is 0 Å². The Labute approximate surface area is 107 Å². The van der Waals surface area contributed by atoms with Crippen LogP contribution in [0.2, 0.25) is 0 Å². The van der Waals surface area contributed by atoms with Gasteiger partial charge < -0.3 is 5.11 Å². The first-order valence-electron chi connectivity index (χ1n) is 5.07. The van der Waals surface area contributed by atoms with E-state index < -0.39 is 35.5 Å². The lowest BCUT2D eigenvalue weighted by Crippen LogP contribution is -2.54. The van der Waals surface area contributed by atoms with Gasteiger partial charge in [0.1, 0.15) is 0 Å². The van der Waals surface area contributed by atoms with E-state index in [1.807, 2.05) is 0 Å². The van der Waals surface area contributed by atoms with E-state index in [0.29, 0.717) is 12.1 Å². The second-order valence-electron chi connectivity index (χ2n) is 4.08. The SMILES string of the molecule is Cc1ccc(C(O)(C(F)(F)F)C(F)(F)F)cc1C(F)F. The van der Waals surface area contributed by atoms with Crippen molar-refractivity contribution in [3.05, 3.63) is 34.9 Å². The van der Waals surface area contributed by atoms with Gasteiger partial charge >= 0.3 is 12.4 Å². The normalized spacial score (nSPS) is 13.9. The van der Waals surface area contributed by atoms with Crippen molar-refractivity contribution in [2.24, 2.45) is 0 Å². The summed E-state index contributed by atoms with van der Waals surface area (Å²) in [5.41, 5.74) is -8.08. The molecule has 0 radical (unpaired) electrons. The number of benzene rings is 1. The van der Waals surface area contributed by atoms with Crippen molar-refractivity contribution >= 4 is 0 Å². The van der Waals surface area contributed by atoms with Crippen LogP contribution < -0.4 is 0 Å². The third-order valence-electron chi connectivity index (χ3n) is 2.75. The molecule has 0 aromatic heterocycles. The predicted molar refractivity (Wildman–Crippen MR) is 52.1 cm³/mol. The highest BCUT2D eigenvalue weighted by atomic mass is 19.4. The van der Waals surface area contributed by atoms with Crippen LogP contribution in [0.25, 0.3) is 0 Å². The van der Waals surface area contributed by atoms with Crippen LogP contribution in [-0.4, -0.2) is 17.5 Å². The number of rotatable bonds is 2. The third kappa shape index (κ3) is 2.58. The summed E-state index contributed by atoms with van der Waals surface area (Å²) in [5.74, 6) is 0. The molecule has 0 aliphatic heterocycles. The predicted octanol–water partition coefficient (Wildman–Crippen LogP) is 4.24. The molecule has 9 heteroatoms. The Kier molecular flexibility index (Phi) is 4.06. The molecule has 1 rings (SSSR count). The van der Waals surface area contributed by atoms with Gasteiger partial charge in [-0.05, 0) is 18.6 Å². The molecule has 114 valence electrons. The highest BCUT2D eigenvalue weighted by Gasteiger charge is 2.71. The van der Waals surface area contributed by atoms with Crippen LogP contribution in [0.1, 0.15) is 23.1 Å². The zero-order chi connectivity index (χ0) is 15.9. The van der Waals surface area contributed by atoms with Gasteiger partial charge in [0.25, 0.3) is 12.0 Å². The molecule has 20 heavy (non-hydrogen) atoms. The fraction of sp³-hybridized carbons (Fsp3) is 0.455. The molecule has 0 atom stereocenters. The van der Waals surface area contributed by atoms with Gasteiger partial charge in [-0.1, -0.05) is 12.1 Å². The molecule has 0 aliphatic rings. The molecule has 1 aromatic carbocycles. The van der Waals surface area contributed by atoms with E-state index in [9.17, 15) is 35.1 Å². The van der Waals surface area contributed by atoms with E-state index in [-0.39, 0.29) is 11.6 Å². The third-order valence-corrected chi connectivity index (χ3v) is 2.75. The van der Waals surface area contributed by atoms with Gasteiger partial charge in [0.05, 0.1) is 0 Å². The summed E-state index contributed by atoms with van der Waals surface area (Å²) >= 11 is 0. The van der Waals surface area contributed by atoms with Gasteiger partial charge in [0.2, 0.25) is 0 Å². The number of alkyl halides is 8. The molecule has 1 N–H and O–H groups in total. The zero-order valence-electron chi connectivity index (χ0n) is 9.78. The second-order valence-corrected chi connectivity index (χ2v) is 4.08. The van der Waals surface area contributed by atoms with Gasteiger partial charge in [0.15, 0.2) is 0 Å². The van der Waals surface area contributed by atoms with Crippen LogP contribution in [0.4, 0.5) is 35.1 Å². The minimum absolute atomic E-state index is 0.0149. The van der Waals surface area contributed by atoms with Gasteiger partial charge in [-0.25, -0.2) is 8.78 Å². The average molecular weight is 308 g/mol. The lowest BCUT2D eigenvalue weighted by molar-refractivity contribution is -0.376. The van der Waals surface area contributed by atoms with Crippen molar-refractivity contribution in [3.8, 4) is 0 Å². The van der Waals surface area contributed by atoms with Crippen molar-refractivity contribution in [2.45, 2.75) is 31.3 Å². The van der Waals surface area contributed by atoms with E-state index in [1.165, 1.54) is 0 Å². The Hall–Kier alpha value is -1.38. The lowest BCUT2D eigenvalue weighted by Gasteiger charge is -2.33. The lowest BCUT2D eigenvalue weighted by atomic mass is 9.89. The minimum Gasteiger partial charge on any atom is -0.369 e. The Morgan fingerprint density at radius 2 is 1.40 bits per heavy atom. The Balaban J connectivity index is 3.57. The number of hydrogen-bond donors (Lipinski definition) is 1. The monoisotopic (exact) mass is 308 g/mol. The van der Waals surface area contributed by atoms with Crippen LogP contribution in [0.15, 0.2) is 18.2 Å². The fourth-order valence-corrected chi connectivity index (χ4v) is 1.59. The summed E-state index contributed by atoms with van der Waals surface area (Å²) in [6.45, 7) is 1.10. The highest BCUT2D eigenvalue weighted by molar-refractivity contribution is 5.36. The summed E-state index contributed by atoms with van der Waals surface area (Å²) in [6.07, 6.45) is -15.5. The van der Waals surface area contributed by atoms with E-state index in [0.717, 1.165) is 6.92 Å². The first-order valence-corrected chi connectivity index (χ1v) is 5.07. The largest absolute Gasteiger partial charge is 0.430 e. The standard InChI is InChI=1S/C11H8F8O/c1-5-2-3-6(4-7(5)8(12)13)9(20,10(14,15)16)11(17,18)19/h2-4,8,20H,1H3. The van der Waals surface area contributed by atoms with Crippen molar-refractivity contribution in [3.63, 3.8) is 0 Å². The molecular formula is C11H8F8O. The fourth-order valence-electron chi connectivity index (χ4n) is 1.59. The molecule has 1 aromatic rings. The van der Waals surface area contributed by atoms with Crippen LogP contribution in [-0.2, 0) is 5.60 Å². The van der Waals surface area contributed by atoms with E-state index in [4.69, 9.17) is 5.11 Å². The van der Waals surface area contributed by atoms with Crippen LogP contribution >= 0.6 is 0 Å². The average Bonchev–Trinajstić information content (AvgIpc) is 2.25. The van der Waals surface area contributed by atoms with Gasteiger partial charge in [-0.3, -0.25) is 0 Å². The van der Waals surface area contributed by atoms with Crippen LogP contribution in [0.3, 0.4) is 0 Å². The Morgan fingerprint density at radius 1 is 0.950 bits per heavy atom. The summed E-state index contributed by atoms with van der Waals surface area (Å²) < 4.78 is 100. The summed E-state index contributed by atoms with van der Waals surface area (Å²) in [4.78, 5) is 0. The maximum atomic E-state index is 12.6. The van der Waals surface area contributed by atoms with Crippen molar-refractivity contribution in [1.29, 1.82) is 0 Å². The number of hydrogen-bond acceptors (Lipinski definition) is 1. The quantitative estimate of drug-likeness (QED) is 0.810. The van der Waals surface area contributed by atoms with Crippen molar-refractivity contribution < 1.29 is 40.2 Å². The molecule has 0 aliphatic carbocycles.